The van der Waals surface area contributed by atoms with Crippen LogP contribution in [0, 0.1) is 0 Å². The van der Waals surface area contributed by atoms with Gasteiger partial charge in [0.25, 0.3) is 0 Å². The second-order valence-electron chi connectivity index (χ2n) is 6.36. The van der Waals surface area contributed by atoms with Gasteiger partial charge < -0.3 is 14.8 Å². The predicted molar refractivity (Wildman–Crippen MR) is 94.9 cm³/mol. The smallest absolute Gasteiger partial charge is 0.222 e. The molecular weight excluding hydrogens is 300 g/mol. The highest BCUT2D eigenvalue weighted by Crippen LogP contribution is 2.11. The van der Waals surface area contributed by atoms with E-state index >= 15 is 0 Å². The number of benzene rings is 1. The molecule has 0 radical (unpaired) electrons. The van der Waals surface area contributed by atoms with E-state index in [-0.39, 0.29) is 0 Å². The van der Waals surface area contributed by atoms with Crippen molar-refractivity contribution in [3.8, 4) is 5.69 Å². The van der Waals surface area contributed by atoms with Gasteiger partial charge in [-0.05, 0) is 43.5 Å². The third-order valence-electron chi connectivity index (χ3n) is 4.52. The van der Waals surface area contributed by atoms with Crippen LogP contribution in [0.5, 0.6) is 0 Å². The summed E-state index contributed by atoms with van der Waals surface area (Å²) in [5.74, 6) is 0.336. The van der Waals surface area contributed by atoms with Crippen LogP contribution in [-0.2, 0) is 11.3 Å². The quantitative estimate of drug-likeness (QED) is 0.796. The van der Waals surface area contributed by atoms with Crippen molar-refractivity contribution < 1.29 is 4.79 Å². The normalized spacial score (nSPS) is 15.5. The molecule has 0 saturated carbocycles. The van der Waals surface area contributed by atoms with Crippen LogP contribution in [0.15, 0.2) is 43.0 Å². The number of nitrogens with zero attached hydrogens (tertiary/aromatic N) is 3. The molecule has 24 heavy (non-hydrogen) atoms. The minimum Gasteiger partial charge on any atom is -0.343 e. The van der Waals surface area contributed by atoms with E-state index in [4.69, 9.17) is 0 Å². The van der Waals surface area contributed by atoms with Crippen molar-refractivity contribution in [1.29, 1.82) is 0 Å². The van der Waals surface area contributed by atoms with Gasteiger partial charge in [0.2, 0.25) is 5.91 Å². The van der Waals surface area contributed by atoms with E-state index in [9.17, 15) is 4.79 Å². The van der Waals surface area contributed by atoms with Crippen molar-refractivity contribution in [2.45, 2.75) is 38.6 Å². The average Bonchev–Trinajstić information content (AvgIpc) is 3.07. The highest BCUT2D eigenvalue weighted by molar-refractivity contribution is 5.76. The van der Waals surface area contributed by atoms with Crippen LogP contribution >= 0.6 is 0 Å². The lowest BCUT2D eigenvalue weighted by molar-refractivity contribution is -0.130. The number of hydrogen-bond donors (Lipinski definition) is 1. The molecule has 128 valence electrons. The highest BCUT2D eigenvalue weighted by Gasteiger charge is 2.15. The SMILES string of the molecule is O=C1CCCCCN1CCCNCc1ccc(-n2ccnc2)cc1. The summed E-state index contributed by atoms with van der Waals surface area (Å²) in [6.07, 6.45) is 10.7. The maximum Gasteiger partial charge on any atom is 0.222 e. The first kappa shape index (κ1) is 16.7. The number of nitrogens with one attached hydrogen (secondary N) is 1. The second-order valence-corrected chi connectivity index (χ2v) is 6.36. The summed E-state index contributed by atoms with van der Waals surface area (Å²) in [6, 6.07) is 8.49. The molecule has 1 aliphatic heterocycles. The fourth-order valence-corrected chi connectivity index (χ4v) is 3.10. The monoisotopic (exact) mass is 326 g/mol. The fraction of sp³-hybridized carbons (Fsp3) is 0.474. The Hall–Kier alpha value is -2.14. The Morgan fingerprint density at radius 3 is 2.79 bits per heavy atom. The number of hydrogen-bond acceptors (Lipinski definition) is 3. The van der Waals surface area contributed by atoms with E-state index in [1.54, 1.807) is 12.5 Å². The zero-order valence-corrected chi connectivity index (χ0v) is 14.2. The van der Waals surface area contributed by atoms with Crippen LogP contribution in [0.2, 0.25) is 0 Å². The Morgan fingerprint density at radius 1 is 1.12 bits per heavy atom. The van der Waals surface area contributed by atoms with Crippen LogP contribution in [0.1, 0.15) is 37.7 Å². The number of aromatic nitrogens is 2. The van der Waals surface area contributed by atoms with Gasteiger partial charge in [0, 0.05) is 44.1 Å². The molecule has 2 aromatic rings. The van der Waals surface area contributed by atoms with Gasteiger partial charge in [0.15, 0.2) is 0 Å². The lowest BCUT2D eigenvalue weighted by Crippen LogP contribution is -2.32. The maximum absolute atomic E-state index is 11.9. The molecule has 0 spiro atoms. The van der Waals surface area contributed by atoms with Gasteiger partial charge in [-0.2, -0.15) is 0 Å². The Balaban J connectivity index is 1.36. The fourth-order valence-electron chi connectivity index (χ4n) is 3.10. The van der Waals surface area contributed by atoms with E-state index < -0.39 is 0 Å². The largest absolute Gasteiger partial charge is 0.343 e. The molecule has 1 aliphatic rings. The van der Waals surface area contributed by atoms with E-state index in [1.165, 1.54) is 12.0 Å². The number of likely N-dealkylation sites (tertiary alicyclic amines) is 1. The van der Waals surface area contributed by atoms with E-state index in [2.05, 4.69) is 34.6 Å². The molecule has 0 unspecified atom stereocenters. The van der Waals surface area contributed by atoms with E-state index in [0.29, 0.717) is 5.91 Å². The first-order chi connectivity index (χ1) is 11.8. The molecular formula is C19H26N4O. The maximum atomic E-state index is 11.9. The minimum atomic E-state index is 0.336. The van der Waals surface area contributed by atoms with Gasteiger partial charge in [0.1, 0.15) is 0 Å². The molecule has 0 atom stereocenters. The number of rotatable bonds is 7. The Labute approximate surface area is 143 Å². The zero-order valence-electron chi connectivity index (χ0n) is 14.2. The van der Waals surface area contributed by atoms with Crippen molar-refractivity contribution in [3.63, 3.8) is 0 Å². The van der Waals surface area contributed by atoms with Crippen molar-refractivity contribution in [2.75, 3.05) is 19.6 Å². The molecule has 1 aromatic heterocycles. The van der Waals surface area contributed by atoms with Gasteiger partial charge in [-0.1, -0.05) is 18.6 Å². The molecule has 0 aliphatic carbocycles. The van der Waals surface area contributed by atoms with Crippen LogP contribution in [0.3, 0.4) is 0 Å². The Kier molecular flexibility index (Phi) is 6.01. The van der Waals surface area contributed by atoms with Crippen molar-refractivity contribution in [1.82, 2.24) is 19.8 Å². The topological polar surface area (TPSA) is 50.2 Å². The summed E-state index contributed by atoms with van der Waals surface area (Å²) in [4.78, 5) is 18.0. The summed E-state index contributed by atoms with van der Waals surface area (Å²) in [6.45, 7) is 3.62. The molecule has 2 heterocycles. The van der Waals surface area contributed by atoms with Crippen LogP contribution in [0.4, 0.5) is 0 Å². The van der Waals surface area contributed by atoms with Gasteiger partial charge in [-0.3, -0.25) is 4.79 Å². The Morgan fingerprint density at radius 2 is 2.00 bits per heavy atom. The van der Waals surface area contributed by atoms with Crippen LogP contribution in [-0.4, -0.2) is 40.0 Å². The molecule has 1 fully saturated rings. The van der Waals surface area contributed by atoms with Gasteiger partial charge >= 0.3 is 0 Å². The van der Waals surface area contributed by atoms with Gasteiger partial charge in [-0.25, -0.2) is 4.98 Å². The molecule has 0 bridgehead atoms. The number of carbonyl (C=O) groups excluding carboxylic acids is 1. The summed E-state index contributed by atoms with van der Waals surface area (Å²) >= 11 is 0. The van der Waals surface area contributed by atoms with E-state index in [1.807, 2.05) is 15.7 Å². The molecule has 5 nitrogen and oxygen atoms in total. The summed E-state index contributed by atoms with van der Waals surface area (Å²) in [7, 11) is 0. The molecule has 1 amide bonds. The lowest BCUT2D eigenvalue weighted by atomic mass is 10.2. The third kappa shape index (κ3) is 4.68. The Bertz CT molecular complexity index is 621. The standard InChI is InChI=1S/C19H26N4O/c24-19-5-2-1-3-12-22(19)13-4-10-20-15-17-6-8-18(9-7-17)23-14-11-21-16-23/h6-9,11,14,16,20H,1-5,10,12-13,15H2. The zero-order chi connectivity index (χ0) is 16.6. The van der Waals surface area contributed by atoms with Crippen molar-refractivity contribution in [2.24, 2.45) is 0 Å². The molecule has 1 saturated heterocycles. The first-order valence-electron chi connectivity index (χ1n) is 8.89. The molecule has 1 N–H and O–H groups in total. The summed E-state index contributed by atoms with van der Waals surface area (Å²) < 4.78 is 2.00. The van der Waals surface area contributed by atoms with Gasteiger partial charge in [-0.15, -0.1) is 0 Å². The average molecular weight is 326 g/mol. The molecule has 3 rings (SSSR count). The predicted octanol–water partition coefficient (Wildman–Crippen LogP) is 2.75. The summed E-state index contributed by atoms with van der Waals surface area (Å²) in [5.41, 5.74) is 2.39. The second kappa shape index (κ2) is 8.64. The third-order valence-corrected chi connectivity index (χ3v) is 4.52. The number of carbonyl (C=O) groups is 1. The minimum absolute atomic E-state index is 0.336. The molecule has 5 heteroatoms. The molecule has 1 aromatic carbocycles. The highest BCUT2D eigenvalue weighted by atomic mass is 16.2. The summed E-state index contributed by atoms with van der Waals surface area (Å²) in [5, 5.41) is 3.47. The van der Waals surface area contributed by atoms with Crippen molar-refractivity contribution >= 4 is 5.91 Å². The lowest BCUT2D eigenvalue weighted by Gasteiger charge is -2.20. The first-order valence-corrected chi connectivity index (χ1v) is 8.89. The van der Waals surface area contributed by atoms with Crippen molar-refractivity contribution in [3.05, 3.63) is 48.5 Å². The van der Waals surface area contributed by atoms with Crippen LogP contribution < -0.4 is 5.32 Å². The van der Waals surface area contributed by atoms with Crippen LogP contribution in [0.25, 0.3) is 5.69 Å². The van der Waals surface area contributed by atoms with Gasteiger partial charge in [0.05, 0.1) is 6.33 Å². The number of amides is 1. The number of imidazole rings is 1. The van der Waals surface area contributed by atoms with E-state index in [0.717, 1.165) is 57.5 Å².